The van der Waals surface area contributed by atoms with Crippen molar-refractivity contribution in [2.45, 2.75) is 38.8 Å². The SMILES string of the molecule is CC(C)(C)OC(=O)NC1CCN(C(=O)c2cccs2)C1. The van der Waals surface area contributed by atoms with Crippen molar-refractivity contribution < 1.29 is 14.3 Å². The molecule has 1 fully saturated rings. The van der Waals surface area contributed by atoms with Crippen molar-refractivity contribution in [2.24, 2.45) is 0 Å². The first kappa shape index (κ1) is 14.8. The van der Waals surface area contributed by atoms with E-state index in [0.717, 1.165) is 11.3 Å². The fourth-order valence-electron chi connectivity index (χ4n) is 2.09. The summed E-state index contributed by atoms with van der Waals surface area (Å²) in [5.41, 5.74) is -0.505. The van der Waals surface area contributed by atoms with E-state index in [9.17, 15) is 9.59 Å². The van der Waals surface area contributed by atoms with Crippen molar-refractivity contribution in [1.29, 1.82) is 0 Å². The number of alkyl carbamates (subject to hydrolysis) is 1. The fraction of sp³-hybridized carbons (Fsp3) is 0.571. The van der Waals surface area contributed by atoms with Crippen LogP contribution in [-0.2, 0) is 4.74 Å². The maximum atomic E-state index is 12.2. The molecule has 1 atom stereocenters. The van der Waals surface area contributed by atoms with Crippen molar-refractivity contribution in [2.75, 3.05) is 13.1 Å². The van der Waals surface area contributed by atoms with Crippen LogP contribution in [0.3, 0.4) is 0 Å². The van der Waals surface area contributed by atoms with E-state index in [1.54, 1.807) is 4.90 Å². The lowest BCUT2D eigenvalue weighted by atomic mass is 10.2. The van der Waals surface area contributed by atoms with Crippen LogP contribution in [-0.4, -0.2) is 41.6 Å². The number of rotatable bonds is 2. The first-order valence-corrected chi connectivity index (χ1v) is 7.55. The molecule has 1 N–H and O–H groups in total. The minimum atomic E-state index is -0.505. The van der Waals surface area contributed by atoms with Gasteiger partial charge in [0.15, 0.2) is 0 Å². The zero-order chi connectivity index (χ0) is 14.8. The Labute approximate surface area is 122 Å². The summed E-state index contributed by atoms with van der Waals surface area (Å²) in [5, 5.41) is 4.70. The van der Waals surface area contributed by atoms with Gasteiger partial charge in [0.05, 0.1) is 10.9 Å². The van der Waals surface area contributed by atoms with Crippen molar-refractivity contribution >= 4 is 23.3 Å². The van der Waals surface area contributed by atoms with Crippen LogP contribution in [0.1, 0.15) is 36.9 Å². The molecule has 20 heavy (non-hydrogen) atoms. The molecule has 0 radical (unpaired) electrons. The Kier molecular flexibility index (Phi) is 4.32. The van der Waals surface area contributed by atoms with Crippen molar-refractivity contribution in [3.63, 3.8) is 0 Å². The molecular weight excluding hydrogens is 276 g/mol. The third kappa shape index (κ3) is 3.96. The second-order valence-electron chi connectivity index (χ2n) is 5.86. The number of nitrogens with one attached hydrogen (secondary N) is 1. The summed E-state index contributed by atoms with van der Waals surface area (Å²) in [6.07, 6.45) is 0.337. The van der Waals surface area contributed by atoms with Gasteiger partial charge in [-0.25, -0.2) is 4.79 Å². The number of likely N-dealkylation sites (tertiary alicyclic amines) is 1. The number of ether oxygens (including phenoxy) is 1. The topological polar surface area (TPSA) is 58.6 Å². The second kappa shape index (κ2) is 5.83. The van der Waals surface area contributed by atoms with E-state index in [0.29, 0.717) is 13.1 Å². The zero-order valence-corrected chi connectivity index (χ0v) is 12.8. The Morgan fingerprint density at radius 3 is 2.80 bits per heavy atom. The lowest BCUT2D eigenvalue weighted by Gasteiger charge is -2.22. The maximum absolute atomic E-state index is 12.2. The molecule has 1 aromatic rings. The van der Waals surface area contributed by atoms with Gasteiger partial charge >= 0.3 is 6.09 Å². The minimum absolute atomic E-state index is 0.0336. The molecular formula is C14H20N2O3S. The van der Waals surface area contributed by atoms with Crippen LogP contribution < -0.4 is 5.32 Å². The molecule has 5 nitrogen and oxygen atoms in total. The molecule has 1 unspecified atom stereocenters. The molecule has 1 aliphatic rings. The Morgan fingerprint density at radius 1 is 1.45 bits per heavy atom. The predicted octanol–water partition coefficient (Wildman–Crippen LogP) is 2.49. The van der Waals surface area contributed by atoms with Crippen LogP contribution in [0.15, 0.2) is 17.5 Å². The second-order valence-corrected chi connectivity index (χ2v) is 6.81. The summed E-state index contributed by atoms with van der Waals surface area (Å²) in [4.78, 5) is 26.4. The standard InChI is InChI=1S/C14H20N2O3S/c1-14(2,3)19-13(18)15-10-6-7-16(9-10)12(17)11-5-4-8-20-11/h4-5,8,10H,6-7,9H2,1-3H3,(H,15,18). The van der Waals surface area contributed by atoms with Gasteiger partial charge in [0.25, 0.3) is 5.91 Å². The van der Waals surface area contributed by atoms with Gasteiger partial charge < -0.3 is 15.0 Å². The first-order chi connectivity index (χ1) is 9.35. The lowest BCUT2D eigenvalue weighted by molar-refractivity contribution is 0.0502. The van der Waals surface area contributed by atoms with Gasteiger partial charge in [-0.1, -0.05) is 6.07 Å². The lowest BCUT2D eigenvalue weighted by Crippen LogP contribution is -2.41. The van der Waals surface area contributed by atoms with Crippen LogP contribution in [0, 0.1) is 0 Å². The number of carbonyl (C=O) groups excluding carboxylic acids is 2. The van der Waals surface area contributed by atoms with Crippen molar-refractivity contribution in [3.8, 4) is 0 Å². The van der Waals surface area contributed by atoms with Gasteiger partial charge in [-0.15, -0.1) is 11.3 Å². The zero-order valence-electron chi connectivity index (χ0n) is 12.0. The molecule has 1 aromatic heterocycles. The van der Waals surface area contributed by atoms with Crippen LogP contribution in [0.4, 0.5) is 4.79 Å². The minimum Gasteiger partial charge on any atom is -0.444 e. The highest BCUT2D eigenvalue weighted by Crippen LogP contribution is 2.17. The van der Waals surface area contributed by atoms with E-state index in [4.69, 9.17) is 4.74 Å². The van der Waals surface area contributed by atoms with Gasteiger partial charge in [-0.3, -0.25) is 4.79 Å². The molecule has 2 rings (SSSR count). The van der Waals surface area contributed by atoms with E-state index in [1.165, 1.54) is 11.3 Å². The maximum Gasteiger partial charge on any atom is 0.407 e. The molecule has 0 bridgehead atoms. The predicted molar refractivity (Wildman–Crippen MR) is 78.0 cm³/mol. The van der Waals surface area contributed by atoms with Crippen LogP contribution in [0.25, 0.3) is 0 Å². The summed E-state index contributed by atoms with van der Waals surface area (Å²) in [5.74, 6) is 0.0356. The highest BCUT2D eigenvalue weighted by Gasteiger charge is 2.29. The molecule has 0 spiro atoms. The molecule has 0 aromatic carbocycles. The smallest absolute Gasteiger partial charge is 0.407 e. The monoisotopic (exact) mass is 296 g/mol. The Hall–Kier alpha value is -1.56. The number of carbonyl (C=O) groups is 2. The van der Waals surface area contributed by atoms with E-state index in [2.05, 4.69) is 5.32 Å². The molecule has 0 aliphatic carbocycles. The number of hydrogen-bond donors (Lipinski definition) is 1. The number of thiophene rings is 1. The molecule has 2 amide bonds. The third-order valence-electron chi connectivity index (χ3n) is 2.93. The van der Waals surface area contributed by atoms with Crippen LogP contribution >= 0.6 is 11.3 Å². The summed E-state index contributed by atoms with van der Waals surface area (Å²) in [7, 11) is 0. The quantitative estimate of drug-likeness (QED) is 0.912. The van der Waals surface area contributed by atoms with Crippen molar-refractivity contribution in [1.82, 2.24) is 10.2 Å². The molecule has 0 saturated carbocycles. The third-order valence-corrected chi connectivity index (χ3v) is 3.79. The Morgan fingerprint density at radius 2 is 2.20 bits per heavy atom. The number of amides is 2. The van der Waals surface area contributed by atoms with Gasteiger partial charge in [0.1, 0.15) is 5.60 Å². The highest BCUT2D eigenvalue weighted by atomic mass is 32.1. The van der Waals surface area contributed by atoms with Gasteiger partial charge in [0, 0.05) is 13.1 Å². The average Bonchev–Trinajstić information content (AvgIpc) is 2.95. The van der Waals surface area contributed by atoms with Crippen LogP contribution in [0.2, 0.25) is 0 Å². The molecule has 110 valence electrons. The van der Waals surface area contributed by atoms with Gasteiger partial charge in [0.2, 0.25) is 0 Å². The summed E-state index contributed by atoms with van der Waals surface area (Å²) >= 11 is 1.44. The molecule has 1 saturated heterocycles. The Balaban J connectivity index is 1.84. The largest absolute Gasteiger partial charge is 0.444 e. The van der Waals surface area contributed by atoms with Gasteiger partial charge in [-0.05, 0) is 38.6 Å². The normalized spacial score (nSPS) is 18.9. The average molecular weight is 296 g/mol. The van der Waals surface area contributed by atoms with E-state index in [1.807, 2.05) is 38.3 Å². The van der Waals surface area contributed by atoms with E-state index < -0.39 is 11.7 Å². The fourth-order valence-corrected chi connectivity index (χ4v) is 2.78. The summed E-state index contributed by atoms with van der Waals surface area (Å²) < 4.78 is 5.22. The van der Waals surface area contributed by atoms with Gasteiger partial charge in [-0.2, -0.15) is 0 Å². The van der Waals surface area contributed by atoms with Crippen molar-refractivity contribution in [3.05, 3.63) is 22.4 Å². The van der Waals surface area contributed by atoms with Crippen LogP contribution in [0.5, 0.6) is 0 Å². The number of nitrogens with zero attached hydrogens (tertiary/aromatic N) is 1. The van der Waals surface area contributed by atoms with E-state index >= 15 is 0 Å². The first-order valence-electron chi connectivity index (χ1n) is 6.67. The summed E-state index contributed by atoms with van der Waals surface area (Å²) in [6, 6.07) is 3.65. The number of hydrogen-bond acceptors (Lipinski definition) is 4. The Bertz CT molecular complexity index is 479. The molecule has 6 heteroatoms. The highest BCUT2D eigenvalue weighted by molar-refractivity contribution is 7.12. The summed E-state index contributed by atoms with van der Waals surface area (Å²) in [6.45, 7) is 6.68. The van der Waals surface area contributed by atoms with E-state index in [-0.39, 0.29) is 11.9 Å². The molecule has 1 aliphatic heterocycles. The molecule has 2 heterocycles.